The lowest BCUT2D eigenvalue weighted by Crippen LogP contribution is -2.09. The molecule has 0 amide bonds. The van der Waals surface area contributed by atoms with Crippen molar-refractivity contribution < 1.29 is 18.4 Å². The average Bonchev–Trinajstić information content (AvgIpc) is 1.83. The molecule has 0 heterocycles. The summed E-state index contributed by atoms with van der Waals surface area (Å²) in [5.74, 6) is -0.506. The van der Waals surface area contributed by atoms with Crippen LogP contribution in [0.2, 0.25) is 0 Å². The third-order valence-corrected chi connectivity index (χ3v) is 0.800. The number of carbonyl (C=O) groups excluding carboxylic acids is 1. The lowest BCUT2D eigenvalue weighted by molar-refractivity contribution is -0.143. The van der Waals surface area contributed by atoms with Crippen LogP contribution < -0.4 is 0 Å². The number of hydrogen-bond acceptors (Lipinski definition) is 4. The van der Waals surface area contributed by atoms with Crippen LogP contribution in [-0.4, -0.2) is 29.3 Å². The molecule has 46 valence electrons. The van der Waals surface area contributed by atoms with Crippen LogP contribution in [0.1, 0.15) is 0 Å². The Balaban J connectivity index is 3.11. The molecule has 0 aromatic rings. The molecule has 0 aliphatic rings. The summed E-state index contributed by atoms with van der Waals surface area (Å²) in [5.41, 5.74) is 0. The predicted molar refractivity (Wildman–Crippen MR) is 25.8 cm³/mol. The van der Waals surface area contributed by atoms with Crippen molar-refractivity contribution in [3.63, 3.8) is 0 Å². The summed E-state index contributed by atoms with van der Waals surface area (Å²) in [4.78, 5) is 10.1. The third kappa shape index (κ3) is 3.48. The Morgan fingerprint density at radius 1 is 1.75 bits per heavy atom. The Morgan fingerprint density at radius 3 is 2.75 bits per heavy atom. The molecule has 0 aromatic carbocycles. The van der Waals surface area contributed by atoms with Gasteiger partial charge >= 0.3 is 15.6 Å². The van der Waals surface area contributed by atoms with Crippen molar-refractivity contribution in [2.24, 2.45) is 0 Å². The summed E-state index contributed by atoms with van der Waals surface area (Å²) in [7, 11) is -0.0512. The lowest BCUT2D eigenvalue weighted by Gasteiger charge is -1.93. The Labute approximate surface area is 48.8 Å². The fraction of sp³-hybridized carbons (Fsp3) is 0.667. The average molecular weight is 134 g/mol. The summed E-state index contributed by atoms with van der Waals surface area (Å²) in [5, 5.41) is 0. The molecule has 8 heavy (non-hydrogen) atoms. The zero-order valence-corrected chi connectivity index (χ0v) is 5.57. The van der Waals surface area contributed by atoms with Crippen molar-refractivity contribution in [1.82, 2.24) is 0 Å². The van der Waals surface area contributed by atoms with Crippen molar-refractivity contribution in [1.29, 1.82) is 0 Å². The van der Waals surface area contributed by atoms with E-state index >= 15 is 0 Å². The van der Waals surface area contributed by atoms with Crippen LogP contribution in [-0.2, 0) is 18.4 Å². The second kappa shape index (κ2) is 4.45. The topological polar surface area (TPSA) is 52.6 Å². The van der Waals surface area contributed by atoms with Gasteiger partial charge in [0, 0.05) is 0 Å². The minimum Gasteiger partial charge on any atom is -0.515 e. The molecule has 0 aromatic heterocycles. The number of hydrogen-bond donors (Lipinski definition) is 0. The van der Waals surface area contributed by atoms with E-state index in [-0.39, 0.29) is 6.61 Å². The lowest BCUT2D eigenvalue weighted by atomic mass is 10.8. The van der Waals surface area contributed by atoms with Gasteiger partial charge in [0.05, 0.1) is 7.11 Å². The van der Waals surface area contributed by atoms with E-state index in [0.29, 0.717) is 0 Å². The first-order valence-electron chi connectivity index (χ1n) is 1.93. The first-order valence-corrected chi connectivity index (χ1v) is 2.87. The molecule has 0 spiro atoms. The third-order valence-electron chi connectivity index (χ3n) is 0.497. The van der Waals surface area contributed by atoms with Gasteiger partial charge in [-0.25, -0.2) is 4.79 Å². The monoisotopic (exact) mass is 134 g/mol. The smallest absolute Gasteiger partial charge is 0.487 e. The Morgan fingerprint density at radius 2 is 2.38 bits per heavy atom. The Kier molecular flexibility index (Phi) is 4.05. The van der Waals surface area contributed by atoms with Gasteiger partial charge in [0.1, 0.15) is 0 Å². The van der Waals surface area contributed by atoms with E-state index in [1.54, 1.807) is 0 Å². The molecule has 0 rings (SSSR count). The van der Waals surface area contributed by atoms with E-state index in [1.807, 2.05) is 0 Å². The Hall–Kier alpha value is -0.713. The minimum atomic E-state index is -1.29. The maximum Gasteiger partial charge on any atom is 0.487 e. The van der Waals surface area contributed by atoms with Crippen molar-refractivity contribution >= 4 is 15.6 Å². The predicted octanol–water partition coefficient (Wildman–Crippen LogP) is -1.13. The molecule has 0 aliphatic carbocycles. The van der Waals surface area contributed by atoms with E-state index in [1.165, 1.54) is 7.11 Å². The molecule has 0 atom stereocenters. The van der Waals surface area contributed by atoms with E-state index in [2.05, 4.69) is 9.16 Å². The summed E-state index contributed by atoms with van der Waals surface area (Å²) in [6.07, 6.45) is 0. The van der Waals surface area contributed by atoms with Gasteiger partial charge in [0.2, 0.25) is 0 Å². The van der Waals surface area contributed by atoms with Crippen LogP contribution in [0.15, 0.2) is 0 Å². The molecular weight excluding hydrogens is 128 g/mol. The molecule has 0 radical (unpaired) electrons. The Bertz CT molecular complexity index is 91.3. The number of rotatable bonds is 3. The van der Waals surface area contributed by atoms with Crippen molar-refractivity contribution in [2.45, 2.75) is 0 Å². The molecule has 4 nitrogen and oxygen atoms in total. The van der Waals surface area contributed by atoms with Crippen LogP contribution in [0, 0.1) is 0 Å². The van der Waals surface area contributed by atoms with Crippen LogP contribution in [0.3, 0.4) is 0 Å². The van der Waals surface area contributed by atoms with Gasteiger partial charge in [-0.05, 0) is 0 Å². The van der Waals surface area contributed by atoms with Gasteiger partial charge in [0.15, 0.2) is 6.61 Å². The van der Waals surface area contributed by atoms with Gasteiger partial charge in [-0.3, -0.25) is 0 Å². The molecule has 0 N–H and O–H groups in total. The summed E-state index contributed by atoms with van der Waals surface area (Å²) in [6.45, 7) is -0.213. The van der Waals surface area contributed by atoms with Crippen LogP contribution >= 0.6 is 0 Å². The number of methoxy groups -OCH3 is 1. The summed E-state index contributed by atoms with van der Waals surface area (Å²) < 4.78 is 18.0. The van der Waals surface area contributed by atoms with Crippen molar-refractivity contribution in [3.05, 3.63) is 0 Å². The molecule has 0 bridgehead atoms. The van der Waals surface area contributed by atoms with Gasteiger partial charge < -0.3 is 13.6 Å². The van der Waals surface area contributed by atoms with Crippen molar-refractivity contribution in [3.8, 4) is 0 Å². The second-order valence-electron chi connectivity index (χ2n) is 0.983. The van der Waals surface area contributed by atoms with E-state index in [4.69, 9.17) is 0 Å². The molecule has 0 saturated carbocycles. The highest BCUT2D eigenvalue weighted by Crippen LogP contribution is 1.71. The summed E-state index contributed by atoms with van der Waals surface area (Å²) in [6, 6.07) is 0. The highest BCUT2D eigenvalue weighted by Gasteiger charge is 1.95. The first-order chi connectivity index (χ1) is 3.81. The normalized spacial score (nSPS) is 7.62. The van der Waals surface area contributed by atoms with E-state index in [0.717, 1.165) is 0 Å². The molecule has 5 heteroatoms. The molecule has 0 aliphatic heterocycles. The molecule has 0 saturated heterocycles. The van der Waals surface area contributed by atoms with Crippen molar-refractivity contribution in [2.75, 3.05) is 13.7 Å². The maximum absolute atomic E-state index is 10.1. The zero-order valence-electron chi connectivity index (χ0n) is 4.42. The largest absolute Gasteiger partial charge is 0.515 e. The number of carbonyl (C=O) groups is 1. The highest BCUT2D eigenvalue weighted by molar-refractivity contribution is 6.07. The van der Waals surface area contributed by atoms with Crippen LogP contribution in [0.5, 0.6) is 0 Å². The fourth-order valence-electron chi connectivity index (χ4n) is 0.161. The molecule has 0 fully saturated rings. The van der Waals surface area contributed by atoms with E-state index < -0.39 is 15.6 Å². The zero-order chi connectivity index (χ0) is 6.41. The number of ether oxygens (including phenoxy) is 1. The van der Waals surface area contributed by atoms with Crippen LogP contribution in [0.25, 0.3) is 0 Å². The SMILES string of the molecule is COC(=O)CO[SiH]=O. The first kappa shape index (κ1) is 7.29. The van der Waals surface area contributed by atoms with Gasteiger partial charge in [-0.2, -0.15) is 0 Å². The standard InChI is InChI=1S/C3H6O4Si/c1-6-3(4)2-7-8-5/h8H,2H2,1H3. The van der Waals surface area contributed by atoms with E-state index in [9.17, 15) is 9.26 Å². The highest BCUT2D eigenvalue weighted by atomic mass is 28.2. The number of esters is 1. The summed E-state index contributed by atoms with van der Waals surface area (Å²) >= 11 is 0. The molecule has 0 unspecified atom stereocenters. The van der Waals surface area contributed by atoms with Gasteiger partial charge in [0.25, 0.3) is 0 Å². The second-order valence-corrected chi connectivity index (χ2v) is 1.51. The van der Waals surface area contributed by atoms with Crippen LogP contribution in [0.4, 0.5) is 0 Å². The maximum atomic E-state index is 10.1. The fourth-order valence-corrected chi connectivity index (χ4v) is 0.365. The minimum absolute atomic E-state index is 0.213. The van der Waals surface area contributed by atoms with Gasteiger partial charge in [-0.15, -0.1) is 0 Å². The van der Waals surface area contributed by atoms with Gasteiger partial charge in [-0.1, -0.05) is 0 Å². The quantitative estimate of drug-likeness (QED) is 0.362. The molecular formula is C3H6O4Si.